The van der Waals surface area contributed by atoms with E-state index in [1.807, 2.05) is 62.3 Å². The molecule has 0 aliphatic carbocycles. The quantitative estimate of drug-likeness (QED) is 0.639. The Hall–Kier alpha value is -2.62. The van der Waals surface area contributed by atoms with Gasteiger partial charge in [0.1, 0.15) is 0 Å². The number of amides is 2. The van der Waals surface area contributed by atoms with Crippen molar-refractivity contribution in [3.63, 3.8) is 0 Å². The van der Waals surface area contributed by atoms with Crippen molar-refractivity contribution in [2.75, 3.05) is 49.7 Å². The van der Waals surface area contributed by atoms with E-state index in [0.29, 0.717) is 6.54 Å². The Morgan fingerprint density at radius 2 is 1.79 bits per heavy atom. The molecule has 1 heterocycles. The maximum absolute atomic E-state index is 12.8. The molecule has 2 amide bonds. The summed E-state index contributed by atoms with van der Waals surface area (Å²) in [5.41, 5.74) is 2.48. The van der Waals surface area contributed by atoms with Gasteiger partial charge in [-0.2, -0.15) is 0 Å². The number of hydrogen-bond acceptors (Lipinski definition) is 6. The molecule has 0 aromatic heterocycles. The fourth-order valence-electron chi connectivity index (χ4n) is 3.78. The van der Waals surface area contributed by atoms with Crippen molar-refractivity contribution in [1.82, 2.24) is 10.2 Å². The SMILES string of the molecule is CC1CS(=O)(=O)N(c2ccc(C(=O)NCC(c3ccc(N(C)C)cc3)N(C)C)c(Cl)c2)C1=O. The lowest BCUT2D eigenvalue weighted by Crippen LogP contribution is -2.35. The minimum absolute atomic E-state index is 0.0583. The molecule has 2 aromatic carbocycles. The first-order valence-corrected chi connectivity index (χ1v) is 12.5. The molecule has 1 saturated heterocycles. The van der Waals surface area contributed by atoms with E-state index in [0.717, 1.165) is 15.6 Å². The van der Waals surface area contributed by atoms with Gasteiger partial charge in [0.25, 0.3) is 5.91 Å². The Bertz CT molecular complexity index is 1150. The Morgan fingerprint density at radius 1 is 1.15 bits per heavy atom. The van der Waals surface area contributed by atoms with Crippen LogP contribution in [0.2, 0.25) is 5.02 Å². The van der Waals surface area contributed by atoms with E-state index in [2.05, 4.69) is 5.32 Å². The summed E-state index contributed by atoms with van der Waals surface area (Å²) < 4.78 is 25.4. The molecule has 2 unspecified atom stereocenters. The summed E-state index contributed by atoms with van der Waals surface area (Å²) in [7, 11) is 4.08. The van der Waals surface area contributed by atoms with Crippen LogP contribution in [-0.4, -0.2) is 65.6 Å². The first-order chi connectivity index (χ1) is 15.4. The molecule has 2 atom stereocenters. The largest absolute Gasteiger partial charge is 0.378 e. The third-order valence-electron chi connectivity index (χ3n) is 5.67. The van der Waals surface area contributed by atoms with Crippen LogP contribution >= 0.6 is 11.6 Å². The van der Waals surface area contributed by atoms with E-state index in [1.54, 1.807) is 6.92 Å². The molecule has 1 fully saturated rings. The van der Waals surface area contributed by atoms with Gasteiger partial charge in [-0.25, -0.2) is 12.7 Å². The number of nitrogens with one attached hydrogen (secondary N) is 1. The predicted octanol–water partition coefficient (Wildman–Crippen LogP) is 2.75. The van der Waals surface area contributed by atoms with Gasteiger partial charge in [0.05, 0.1) is 34.0 Å². The molecule has 178 valence electrons. The molecule has 1 aliphatic rings. The summed E-state index contributed by atoms with van der Waals surface area (Å²) in [6, 6.07) is 12.3. The van der Waals surface area contributed by atoms with Gasteiger partial charge in [0.15, 0.2) is 0 Å². The molecule has 10 heteroatoms. The number of sulfonamides is 1. The highest BCUT2D eigenvalue weighted by Gasteiger charge is 2.42. The van der Waals surface area contributed by atoms with Crippen LogP contribution in [0.1, 0.15) is 28.9 Å². The predicted molar refractivity (Wildman–Crippen MR) is 131 cm³/mol. The summed E-state index contributed by atoms with van der Waals surface area (Å²) in [5.74, 6) is -1.75. The molecular formula is C23H29ClN4O4S. The summed E-state index contributed by atoms with van der Waals surface area (Å²) in [4.78, 5) is 29.2. The number of rotatable bonds is 7. The van der Waals surface area contributed by atoms with Crippen LogP contribution in [0.25, 0.3) is 0 Å². The van der Waals surface area contributed by atoms with Gasteiger partial charge in [0, 0.05) is 26.3 Å². The maximum Gasteiger partial charge on any atom is 0.252 e. The van der Waals surface area contributed by atoms with Crippen molar-refractivity contribution in [2.24, 2.45) is 5.92 Å². The number of likely N-dealkylation sites (N-methyl/N-ethyl adjacent to an activating group) is 1. The number of benzene rings is 2. The second kappa shape index (κ2) is 9.70. The standard InChI is InChI=1S/C23H29ClN4O4S/c1-15-14-33(31,32)28(23(15)30)18-10-11-19(20(24)12-18)22(29)25-13-21(27(4)5)16-6-8-17(9-7-16)26(2)3/h6-12,15,21H,13-14H2,1-5H3,(H,25,29). The highest BCUT2D eigenvalue weighted by atomic mass is 35.5. The van der Waals surface area contributed by atoms with Crippen LogP contribution in [-0.2, 0) is 14.8 Å². The molecule has 8 nitrogen and oxygen atoms in total. The fraction of sp³-hybridized carbons (Fsp3) is 0.391. The molecule has 3 rings (SSSR count). The van der Waals surface area contributed by atoms with Gasteiger partial charge in [0.2, 0.25) is 15.9 Å². The summed E-state index contributed by atoms with van der Waals surface area (Å²) in [6.07, 6.45) is 0. The van der Waals surface area contributed by atoms with Crippen molar-refractivity contribution in [3.8, 4) is 0 Å². The zero-order chi connectivity index (χ0) is 24.5. The first kappa shape index (κ1) is 25.0. The van der Waals surface area contributed by atoms with Crippen LogP contribution in [0.5, 0.6) is 0 Å². The molecule has 1 aliphatic heterocycles. The van der Waals surface area contributed by atoms with Crippen LogP contribution in [0, 0.1) is 5.92 Å². The Morgan fingerprint density at radius 3 is 2.27 bits per heavy atom. The Balaban J connectivity index is 1.75. The third kappa shape index (κ3) is 5.31. The van der Waals surface area contributed by atoms with Gasteiger partial charge in [-0.1, -0.05) is 30.7 Å². The van der Waals surface area contributed by atoms with Crippen molar-refractivity contribution >= 4 is 44.8 Å². The lowest BCUT2D eigenvalue weighted by Gasteiger charge is -2.26. The lowest BCUT2D eigenvalue weighted by molar-refractivity contribution is -0.119. The minimum Gasteiger partial charge on any atom is -0.378 e. The minimum atomic E-state index is -3.74. The van der Waals surface area contributed by atoms with Gasteiger partial charge in [-0.3, -0.25) is 9.59 Å². The topological polar surface area (TPSA) is 90.0 Å². The zero-order valence-electron chi connectivity index (χ0n) is 19.4. The molecule has 2 aromatic rings. The highest BCUT2D eigenvalue weighted by molar-refractivity contribution is 7.94. The van der Waals surface area contributed by atoms with Gasteiger partial charge in [-0.15, -0.1) is 0 Å². The molecular weight excluding hydrogens is 464 g/mol. The Labute approximate surface area is 200 Å². The first-order valence-electron chi connectivity index (χ1n) is 10.5. The van der Waals surface area contributed by atoms with E-state index >= 15 is 0 Å². The molecule has 1 N–H and O–H groups in total. The molecule has 0 saturated carbocycles. The summed E-state index contributed by atoms with van der Waals surface area (Å²) >= 11 is 6.31. The lowest BCUT2D eigenvalue weighted by atomic mass is 10.0. The molecule has 0 bridgehead atoms. The van der Waals surface area contributed by atoms with E-state index in [-0.39, 0.29) is 34.0 Å². The number of nitrogens with zero attached hydrogens (tertiary/aromatic N) is 3. The van der Waals surface area contributed by atoms with Crippen molar-refractivity contribution < 1.29 is 18.0 Å². The maximum atomic E-state index is 12.8. The number of anilines is 2. The van der Waals surface area contributed by atoms with E-state index < -0.39 is 21.8 Å². The van der Waals surface area contributed by atoms with Crippen molar-refractivity contribution in [1.29, 1.82) is 0 Å². The zero-order valence-corrected chi connectivity index (χ0v) is 20.9. The average molecular weight is 493 g/mol. The van der Waals surface area contributed by atoms with Crippen LogP contribution in [0.4, 0.5) is 11.4 Å². The van der Waals surface area contributed by atoms with Gasteiger partial charge >= 0.3 is 0 Å². The van der Waals surface area contributed by atoms with Crippen molar-refractivity contribution in [2.45, 2.75) is 13.0 Å². The average Bonchev–Trinajstić information content (AvgIpc) is 2.94. The smallest absolute Gasteiger partial charge is 0.252 e. The van der Waals surface area contributed by atoms with Gasteiger partial charge in [-0.05, 0) is 50.0 Å². The fourth-order valence-corrected chi connectivity index (χ4v) is 5.85. The van der Waals surface area contributed by atoms with Crippen LogP contribution < -0.4 is 14.5 Å². The van der Waals surface area contributed by atoms with E-state index in [4.69, 9.17) is 11.6 Å². The third-order valence-corrected chi connectivity index (χ3v) is 7.85. The van der Waals surface area contributed by atoms with E-state index in [1.165, 1.54) is 18.2 Å². The summed E-state index contributed by atoms with van der Waals surface area (Å²) in [6.45, 7) is 1.92. The second-order valence-electron chi connectivity index (χ2n) is 8.62. The monoisotopic (exact) mass is 492 g/mol. The molecule has 0 spiro atoms. The normalized spacial score (nSPS) is 18.5. The van der Waals surface area contributed by atoms with Crippen LogP contribution in [0.15, 0.2) is 42.5 Å². The second-order valence-corrected chi connectivity index (χ2v) is 10.9. The summed E-state index contributed by atoms with van der Waals surface area (Å²) in [5, 5.41) is 2.98. The molecule has 0 radical (unpaired) electrons. The van der Waals surface area contributed by atoms with Crippen molar-refractivity contribution in [3.05, 3.63) is 58.6 Å². The molecule has 33 heavy (non-hydrogen) atoms. The van der Waals surface area contributed by atoms with Gasteiger partial charge < -0.3 is 15.1 Å². The number of halogens is 1. The highest BCUT2D eigenvalue weighted by Crippen LogP contribution is 2.31. The Kier molecular flexibility index (Phi) is 7.36. The van der Waals surface area contributed by atoms with E-state index in [9.17, 15) is 18.0 Å². The number of carbonyl (C=O) groups excluding carboxylic acids is 2. The number of hydrogen-bond donors (Lipinski definition) is 1. The van der Waals surface area contributed by atoms with Crippen LogP contribution in [0.3, 0.4) is 0 Å². The number of carbonyl (C=O) groups is 2.